The van der Waals surface area contributed by atoms with Gasteiger partial charge in [0.1, 0.15) is 0 Å². The number of benzene rings is 1. The van der Waals surface area contributed by atoms with Crippen LogP contribution in [0.15, 0.2) is 24.5 Å². The van der Waals surface area contributed by atoms with Crippen molar-refractivity contribution in [2.24, 2.45) is 0 Å². The predicted molar refractivity (Wildman–Crippen MR) is 123 cm³/mol. The lowest BCUT2D eigenvalue weighted by atomic mass is 10.0. The fraction of sp³-hybridized carbons (Fsp3) is 0.500. The second-order valence-electron chi connectivity index (χ2n) is 8.93. The molecule has 162 valence electrons. The fourth-order valence-corrected chi connectivity index (χ4v) is 3.57. The molecule has 0 saturated heterocycles. The van der Waals surface area contributed by atoms with Gasteiger partial charge in [-0.1, -0.05) is 17.7 Å². The van der Waals surface area contributed by atoms with Gasteiger partial charge in [-0.2, -0.15) is 9.97 Å². The van der Waals surface area contributed by atoms with Crippen LogP contribution in [0.1, 0.15) is 58.2 Å². The Morgan fingerprint density at radius 3 is 2.60 bits per heavy atom. The smallest absolute Gasteiger partial charge is 0.226 e. The van der Waals surface area contributed by atoms with Crippen LogP contribution in [0.5, 0.6) is 0 Å². The summed E-state index contributed by atoms with van der Waals surface area (Å²) in [5.41, 5.74) is 9.74. The van der Waals surface area contributed by atoms with E-state index in [0.29, 0.717) is 24.7 Å². The summed E-state index contributed by atoms with van der Waals surface area (Å²) < 4.78 is 2.02. The topological polar surface area (TPSA) is 114 Å². The van der Waals surface area contributed by atoms with E-state index in [1.807, 2.05) is 30.5 Å². The second kappa shape index (κ2) is 8.47. The Kier molecular flexibility index (Phi) is 6.17. The number of aliphatic hydroxyl groups is 1. The van der Waals surface area contributed by atoms with Crippen molar-refractivity contribution in [3.8, 4) is 0 Å². The summed E-state index contributed by atoms with van der Waals surface area (Å²) >= 11 is 0. The molecule has 0 amide bonds. The largest absolute Gasteiger partial charge is 0.398 e. The van der Waals surface area contributed by atoms with Crippen LogP contribution >= 0.6 is 0 Å². The molecule has 0 radical (unpaired) electrons. The normalized spacial score (nSPS) is 13.1. The fourth-order valence-electron chi connectivity index (χ4n) is 3.57. The molecule has 8 heteroatoms. The average molecular weight is 412 g/mol. The maximum atomic E-state index is 10.1. The predicted octanol–water partition coefficient (Wildman–Crippen LogP) is 3.87. The SMILES string of the molecule is Cc1ccc(N)c(CNc2nc(NC(C)CC(C)(C)O)nc3c2ncn3C(C)C)c1. The number of aromatic nitrogens is 4. The molecule has 1 unspecified atom stereocenters. The summed E-state index contributed by atoms with van der Waals surface area (Å²) in [6.07, 6.45) is 2.36. The van der Waals surface area contributed by atoms with Crippen LogP contribution in [0.4, 0.5) is 17.5 Å². The maximum Gasteiger partial charge on any atom is 0.226 e. The van der Waals surface area contributed by atoms with Crippen molar-refractivity contribution in [3.63, 3.8) is 0 Å². The Morgan fingerprint density at radius 1 is 1.20 bits per heavy atom. The highest BCUT2D eigenvalue weighted by Crippen LogP contribution is 2.25. The number of anilines is 3. The molecule has 0 aliphatic heterocycles. The van der Waals surface area contributed by atoms with Crippen LogP contribution in [0.2, 0.25) is 0 Å². The molecule has 0 fully saturated rings. The van der Waals surface area contributed by atoms with Gasteiger partial charge >= 0.3 is 0 Å². The Morgan fingerprint density at radius 2 is 1.93 bits per heavy atom. The first-order valence-corrected chi connectivity index (χ1v) is 10.4. The minimum Gasteiger partial charge on any atom is -0.398 e. The number of nitrogen functional groups attached to an aromatic ring is 1. The monoisotopic (exact) mass is 411 g/mol. The lowest BCUT2D eigenvalue weighted by molar-refractivity contribution is 0.0672. The van der Waals surface area contributed by atoms with E-state index in [1.165, 1.54) is 0 Å². The molecule has 5 N–H and O–H groups in total. The van der Waals surface area contributed by atoms with Gasteiger partial charge in [0.25, 0.3) is 0 Å². The van der Waals surface area contributed by atoms with E-state index >= 15 is 0 Å². The Labute approximate surface area is 177 Å². The van der Waals surface area contributed by atoms with E-state index in [4.69, 9.17) is 10.7 Å². The second-order valence-corrected chi connectivity index (χ2v) is 8.93. The van der Waals surface area contributed by atoms with E-state index < -0.39 is 5.60 Å². The van der Waals surface area contributed by atoms with Gasteiger partial charge in [0, 0.05) is 24.3 Å². The number of nitrogens with two attached hydrogens (primary N) is 1. The third-order valence-corrected chi connectivity index (χ3v) is 4.90. The van der Waals surface area contributed by atoms with Gasteiger partial charge in [0.05, 0.1) is 11.9 Å². The van der Waals surface area contributed by atoms with Crippen molar-refractivity contribution in [1.82, 2.24) is 19.5 Å². The molecule has 0 aliphatic rings. The molecular formula is C22H33N7O. The zero-order valence-corrected chi connectivity index (χ0v) is 18.7. The Hall–Kier alpha value is -2.87. The summed E-state index contributed by atoms with van der Waals surface area (Å²) in [5, 5.41) is 16.8. The molecule has 3 rings (SSSR count). The quantitative estimate of drug-likeness (QED) is 0.416. The highest BCUT2D eigenvalue weighted by atomic mass is 16.3. The van der Waals surface area contributed by atoms with Gasteiger partial charge in [-0.3, -0.25) is 0 Å². The van der Waals surface area contributed by atoms with E-state index in [-0.39, 0.29) is 12.1 Å². The number of rotatable bonds is 8. The minimum absolute atomic E-state index is 0.00172. The van der Waals surface area contributed by atoms with E-state index in [0.717, 1.165) is 28.0 Å². The van der Waals surface area contributed by atoms with Crippen LogP contribution in [0, 0.1) is 6.92 Å². The number of nitrogens with zero attached hydrogens (tertiary/aromatic N) is 4. The zero-order valence-electron chi connectivity index (χ0n) is 18.7. The molecule has 2 heterocycles. The number of hydrogen-bond donors (Lipinski definition) is 4. The van der Waals surface area contributed by atoms with Crippen molar-refractivity contribution < 1.29 is 5.11 Å². The Balaban J connectivity index is 1.94. The van der Waals surface area contributed by atoms with Crippen molar-refractivity contribution in [2.45, 2.75) is 72.2 Å². The number of hydrogen-bond acceptors (Lipinski definition) is 7. The minimum atomic E-state index is -0.778. The molecule has 0 spiro atoms. The summed E-state index contributed by atoms with van der Waals surface area (Å²) in [4.78, 5) is 13.9. The third kappa shape index (κ3) is 5.18. The van der Waals surface area contributed by atoms with Gasteiger partial charge in [-0.05, 0) is 59.6 Å². The van der Waals surface area contributed by atoms with Crippen LogP contribution in [-0.4, -0.2) is 36.3 Å². The van der Waals surface area contributed by atoms with Crippen LogP contribution in [0.3, 0.4) is 0 Å². The zero-order chi connectivity index (χ0) is 22.1. The van der Waals surface area contributed by atoms with Crippen LogP contribution in [-0.2, 0) is 6.54 Å². The van der Waals surface area contributed by atoms with Crippen molar-refractivity contribution in [1.29, 1.82) is 0 Å². The van der Waals surface area contributed by atoms with Gasteiger partial charge in [0.2, 0.25) is 5.95 Å². The summed E-state index contributed by atoms with van der Waals surface area (Å²) in [5.74, 6) is 1.15. The first-order valence-electron chi connectivity index (χ1n) is 10.4. The van der Waals surface area contributed by atoms with Crippen molar-refractivity contribution in [3.05, 3.63) is 35.7 Å². The van der Waals surface area contributed by atoms with Crippen LogP contribution < -0.4 is 16.4 Å². The van der Waals surface area contributed by atoms with Gasteiger partial charge < -0.3 is 26.0 Å². The number of imidazole rings is 1. The van der Waals surface area contributed by atoms with E-state index in [9.17, 15) is 5.11 Å². The van der Waals surface area contributed by atoms with Crippen LogP contribution in [0.25, 0.3) is 11.2 Å². The number of fused-ring (bicyclic) bond motifs is 1. The molecule has 2 aromatic heterocycles. The first kappa shape index (κ1) is 21.8. The molecule has 0 saturated carbocycles. The maximum absolute atomic E-state index is 10.1. The summed E-state index contributed by atoms with van der Waals surface area (Å²) in [6.45, 7) is 12.4. The lowest BCUT2D eigenvalue weighted by Crippen LogP contribution is -2.29. The van der Waals surface area contributed by atoms with Crippen molar-refractivity contribution >= 4 is 28.6 Å². The van der Waals surface area contributed by atoms with Gasteiger partial charge in [0.15, 0.2) is 17.0 Å². The molecule has 1 aromatic carbocycles. The molecular weight excluding hydrogens is 378 g/mol. The molecule has 0 aliphatic carbocycles. The van der Waals surface area contributed by atoms with E-state index in [2.05, 4.69) is 40.5 Å². The van der Waals surface area contributed by atoms with Gasteiger partial charge in [-0.15, -0.1) is 0 Å². The van der Waals surface area contributed by atoms with E-state index in [1.54, 1.807) is 20.2 Å². The molecule has 3 aromatic rings. The molecule has 8 nitrogen and oxygen atoms in total. The lowest BCUT2D eigenvalue weighted by Gasteiger charge is -2.23. The number of nitrogens with one attached hydrogen (secondary N) is 2. The highest BCUT2D eigenvalue weighted by molar-refractivity contribution is 5.84. The first-order chi connectivity index (χ1) is 14.0. The summed E-state index contributed by atoms with van der Waals surface area (Å²) in [6, 6.07) is 6.20. The third-order valence-electron chi connectivity index (χ3n) is 4.90. The number of aryl methyl sites for hydroxylation is 1. The standard InChI is InChI=1S/C22H33N7O/c1-13(2)29-12-25-18-19(24-11-16-9-14(3)7-8-17(16)23)27-21(28-20(18)29)26-15(4)10-22(5,6)30/h7-9,12-13,15,30H,10-11,23H2,1-6H3,(H2,24,26,27,28). The molecule has 1 atom stereocenters. The van der Waals surface area contributed by atoms with Crippen molar-refractivity contribution in [2.75, 3.05) is 16.4 Å². The average Bonchev–Trinajstić information content (AvgIpc) is 3.04. The Bertz CT molecular complexity index is 1020. The summed E-state index contributed by atoms with van der Waals surface area (Å²) in [7, 11) is 0. The molecule has 0 bridgehead atoms. The molecule has 30 heavy (non-hydrogen) atoms. The van der Waals surface area contributed by atoms with Gasteiger partial charge in [-0.25, -0.2) is 4.98 Å². The highest BCUT2D eigenvalue weighted by Gasteiger charge is 2.20.